The van der Waals surface area contributed by atoms with Gasteiger partial charge in [0.15, 0.2) is 11.6 Å². The molecule has 1 N–H and O–H groups in total. The fraction of sp³-hybridized carbons (Fsp3) is 0.600. The third kappa shape index (κ3) is 3.51. The Morgan fingerprint density at radius 2 is 2.00 bits per heavy atom. The molecule has 1 saturated heterocycles. The first kappa shape index (κ1) is 13.0. The van der Waals surface area contributed by atoms with Crippen molar-refractivity contribution in [2.75, 3.05) is 19.6 Å². The second kappa shape index (κ2) is 5.55. The molecule has 2 aliphatic rings. The minimum Gasteiger partial charge on any atom is -0.314 e. The van der Waals surface area contributed by atoms with Crippen molar-refractivity contribution in [3.63, 3.8) is 0 Å². The second-order valence-electron chi connectivity index (χ2n) is 5.82. The van der Waals surface area contributed by atoms with Crippen LogP contribution in [0.15, 0.2) is 18.2 Å². The lowest BCUT2D eigenvalue weighted by molar-refractivity contribution is 0.313. The molecule has 1 aliphatic carbocycles. The van der Waals surface area contributed by atoms with Crippen LogP contribution >= 0.6 is 0 Å². The minimum absolute atomic E-state index is 0.700. The predicted molar refractivity (Wildman–Crippen MR) is 70.8 cm³/mol. The van der Waals surface area contributed by atoms with Gasteiger partial charge in [0.25, 0.3) is 0 Å². The van der Waals surface area contributed by atoms with Crippen LogP contribution in [-0.4, -0.2) is 30.6 Å². The fourth-order valence-corrected chi connectivity index (χ4v) is 2.74. The van der Waals surface area contributed by atoms with Gasteiger partial charge in [-0.3, -0.25) is 4.90 Å². The number of hydrogen-bond acceptors (Lipinski definition) is 2. The van der Waals surface area contributed by atoms with Crippen LogP contribution < -0.4 is 5.32 Å². The van der Waals surface area contributed by atoms with E-state index in [4.69, 9.17) is 0 Å². The van der Waals surface area contributed by atoms with Crippen molar-refractivity contribution < 1.29 is 8.78 Å². The lowest BCUT2D eigenvalue weighted by atomic mass is 10.1. The van der Waals surface area contributed by atoms with Gasteiger partial charge in [-0.2, -0.15) is 0 Å². The third-order valence-corrected chi connectivity index (χ3v) is 4.03. The molecule has 19 heavy (non-hydrogen) atoms. The van der Waals surface area contributed by atoms with Gasteiger partial charge >= 0.3 is 0 Å². The maximum absolute atomic E-state index is 13.1. The zero-order valence-electron chi connectivity index (χ0n) is 11.0. The number of hydrogen-bond donors (Lipinski definition) is 1. The SMILES string of the molecule is Fc1ccc(CN2CCC(CNC3CC3)C2)cc1F. The van der Waals surface area contributed by atoms with E-state index in [9.17, 15) is 8.78 Å². The van der Waals surface area contributed by atoms with Crippen LogP contribution in [-0.2, 0) is 6.54 Å². The zero-order chi connectivity index (χ0) is 13.2. The molecule has 0 radical (unpaired) electrons. The zero-order valence-corrected chi connectivity index (χ0v) is 11.0. The summed E-state index contributed by atoms with van der Waals surface area (Å²) < 4.78 is 26.0. The van der Waals surface area contributed by atoms with Crippen molar-refractivity contribution in [2.24, 2.45) is 5.92 Å². The average Bonchev–Trinajstić information content (AvgIpc) is 3.12. The average molecular weight is 266 g/mol. The van der Waals surface area contributed by atoms with E-state index >= 15 is 0 Å². The lowest BCUT2D eigenvalue weighted by Gasteiger charge is -2.16. The smallest absolute Gasteiger partial charge is 0.159 e. The summed E-state index contributed by atoms with van der Waals surface area (Å²) in [5.41, 5.74) is 0.856. The summed E-state index contributed by atoms with van der Waals surface area (Å²) in [6.45, 7) is 3.92. The van der Waals surface area contributed by atoms with Gasteiger partial charge in [0.1, 0.15) is 0 Å². The van der Waals surface area contributed by atoms with Gasteiger partial charge < -0.3 is 5.32 Å². The largest absolute Gasteiger partial charge is 0.314 e. The van der Waals surface area contributed by atoms with Gasteiger partial charge in [0.05, 0.1) is 0 Å². The molecule has 2 fully saturated rings. The summed E-state index contributed by atoms with van der Waals surface area (Å²) in [5, 5.41) is 3.56. The van der Waals surface area contributed by atoms with Gasteiger partial charge in [-0.05, 0) is 56.0 Å². The number of nitrogens with one attached hydrogen (secondary N) is 1. The second-order valence-corrected chi connectivity index (χ2v) is 5.82. The predicted octanol–water partition coefficient (Wildman–Crippen LogP) is 2.54. The summed E-state index contributed by atoms with van der Waals surface area (Å²) in [6.07, 6.45) is 3.85. The van der Waals surface area contributed by atoms with Gasteiger partial charge in [-0.25, -0.2) is 8.78 Å². The highest BCUT2D eigenvalue weighted by Crippen LogP contribution is 2.22. The Morgan fingerprint density at radius 3 is 2.74 bits per heavy atom. The molecule has 1 atom stereocenters. The van der Waals surface area contributed by atoms with Crippen molar-refractivity contribution in [1.29, 1.82) is 0 Å². The molecule has 1 heterocycles. The minimum atomic E-state index is -0.767. The summed E-state index contributed by atoms with van der Waals surface area (Å²) in [5.74, 6) is -0.814. The van der Waals surface area contributed by atoms with Crippen LogP contribution in [0.4, 0.5) is 8.78 Å². The van der Waals surface area contributed by atoms with E-state index in [1.807, 2.05) is 0 Å². The number of nitrogens with zero attached hydrogens (tertiary/aromatic N) is 1. The van der Waals surface area contributed by atoms with E-state index < -0.39 is 11.6 Å². The number of halogens is 2. The molecule has 0 aromatic heterocycles. The monoisotopic (exact) mass is 266 g/mol. The Morgan fingerprint density at radius 1 is 1.16 bits per heavy atom. The summed E-state index contributed by atoms with van der Waals surface area (Å²) in [6, 6.07) is 4.96. The van der Waals surface area contributed by atoms with Crippen LogP contribution in [0, 0.1) is 17.6 Å². The first-order chi connectivity index (χ1) is 9.20. The fourth-order valence-electron chi connectivity index (χ4n) is 2.74. The van der Waals surface area contributed by atoms with Gasteiger partial charge in [-0.1, -0.05) is 6.07 Å². The molecule has 1 aliphatic heterocycles. The van der Waals surface area contributed by atoms with E-state index in [0.717, 1.165) is 37.8 Å². The number of benzene rings is 1. The van der Waals surface area contributed by atoms with Crippen LogP contribution in [0.2, 0.25) is 0 Å². The van der Waals surface area contributed by atoms with Crippen molar-refractivity contribution in [1.82, 2.24) is 10.2 Å². The molecule has 0 amide bonds. The lowest BCUT2D eigenvalue weighted by Crippen LogP contribution is -2.27. The Labute approximate surface area is 112 Å². The Hall–Kier alpha value is -1.00. The summed E-state index contributed by atoms with van der Waals surface area (Å²) >= 11 is 0. The molecule has 2 nitrogen and oxygen atoms in total. The van der Waals surface area contributed by atoms with Crippen LogP contribution in [0.5, 0.6) is 0 Å². The highest BCUT2D eigenvalue weighted by molar-refractivity contribution is 5.17. The Bertz CT molecular complexity index is 446. The van der Waals surface area contributed by atoms with Gasteiger partial charge in [0.2, 0.25) is 0 Å². The summed E-state index contributed by atoms with van der Waals surface area (Å²) in [4.78, 5) is 2.33. The van der Waals surface area contributed by atoms with E-state index in [0.29, 0.717) is 5.92 Å². The van der Waals surface area contributed by atoms with E-state index in [-0.39, 0.29) is 0 Å². The maximum atomic E-state index is 13.1. The highest BCUT2D eigenvalue weighted by Gasteiger charge is 2.26. The molecule has 1 saturated carbocycles. The Kier molecular flexibility index (Phi) is 3.80. The number of likely N-dealkylation sites (tertiary alicyclic amines) is 1. The molecular formula is C15H20F2N2. The molecular weight excluding hydrogens is 246 g/mol. The molecule has 0 spiro atoms. The normalized spacial score (nSPS) is 24.0. The molecule has 1 aromatic rings. The molecule has 3 rings (SSSR count). The third-order valence-electron chi connectivity index (χ3n) is 4.03. The topological polar surface area (TPSA) is 15.3 Å². The quantitative estimate of drug-likeness (QED) is 0.881. The van der Waals surface area contributed by atoms with Gasteiger partial charge in [0, 0.05) is 19.1 Å². The van der Waals surface area contributed by atoms with E-state index in [1.165, 1.54) is 31.4 Å². The van der Waals surface area contributed by atoms with Crippen molar-refractivity contribution >= 4 is 0 Å². The van der Waals surface area contributed by atoms with Crippen LogP contribution in [0.3, 0.4) is 0 Å². The highest BCUT2D eigenvalue weighted by atomic mass is 19.2. The molecule has 0 bridgehead atoms. The maximum Gasteiger partial charge on any atom is 0.159 e. The standard InChI is InChI=1S/C15H20F2N2/c16-14-4-1-11(7-15(14)17)9-19-6-5-12(10-19)8-18-13-2-3-13/h1,4,7,12-13,18H,2-3,5-6,8-10H2. The van der Waals surface area contributed by atoms with Crippen molar-refractivity contribution in [3.8, 4) is 0 Å². The number of rotatable bonds is 5. The summed E-state index contributed by atoms with van der Waals surface area (Å²) in [7, 11) is 0. The Balaban J connectivity index is 1.48. The van der Waals surface area contributed by atoms with Crippen molar-refractivity contribution in [2.45, 2.75) is 31.8 Å². The van der Waals surface area contributed by atoms with Gasteiger partial charge in [-0.15, -0.1) is 0 Å². The van der Waals surface area contributed by atoms with Crippen molar-refractivity contribution in [3.05, 3.63) is 35.4 Å². The molecule has 1 unspecified atom stereocenters. The van der Waals surface area contributed by atoms with E-state index in [2.05, 4.69) is 10.2 Å². The first-order valence-corrected chi connectivity index (χ1v) is 7.10. The van der Waals surface area contributed by atoms with E-state index in [1.54, 1.807) is 6.07 Å². The molecule has 104 valence electrons. The van der Waals surface area contributed by atoms with Crippen LogP contribution in [0.25, 0.3) is 0 Å². The first-order valence-electron chi connectivity index (χ1n) is 7.10. The molecule has 1 aromatic carbocycles. The van der Waals surface area contributed by atoms with Crippen LogP contribution in [0.1, 0.15) is 24.8 Å². The molecule has 4 heteroatoms.